The van der Waals surface area contributed by atoms with Crippen LogP contribution in [-0.4, -0.2) is 29.5 Å². The first kappa shape index (κ1) is 37.2. The topological polar surface area (TPSA) is 71.2 Å². The molecule has 1 aromatic heterocycles. The van der Waals surface area contributed by atoms with Crippen LogP contribution in [0.4, 0.5) is 4.79 Å². The monoisotopic (exact) mass is 685 g/mol. The van der Waals surface area contributed by atoms with E-state index in [9.17, 15) is 9.59 Å². The molecule has 4 aliphatic rings. The lowest BCUT2D eigenvalue weighted by atomic mass is 9.47. The average Bonchev–Trinajstić information content (AvgIpc) is 3.67. The van der Waals surface area contributed by atoms with Crippen LogP contribution in [0.25, 0.3) is 10.9 Å². The average molecular weight is 685 g/mol. The van der Waals surface area contributed by atoms with Gasteiger partial charge in [0.05, 0.1) is 0 Å². The zero-order valence-electron chi connectivity index (χ0n) is 32.3. The Morgan fingerprint density at radius 3 is 2.60 bits per heavy atom. The summed E-state index contributed by atoms with van der Waals surface area (Å²) < 4.78 is 6.00. The van der Waals surface area contributed by atoms with E-state index in [0.717, 1.165) is 96.4 Å². The van der Waals surface area contributed by atoms with Gasteiger partial charge in [0.15, 0.2) is 0 Å². The fraction of sp³-hybridized carbons (Fsp3) is 0.733. The molecule has 0 spiro atoms. The second-order valence-corrected chi connectivity index (χ2v) is 18.0. The summed E-state index contributed by atoms with van der Waals surface area (Å²) in [6.07, 6.45) is 22.0. The number of ketones is 1. The molecule has 0 unspecified atom stereocenters. The Labute approximate surface area is 303 Å². The number of alkyl carbamates (subject to hydrolysis) is 1. The third-order valence-corrected chi connectivity index (χ3v) is 15.0. The van der Waals surface area contributed by atoms with Crippen molar-refractivity contribution in [1.82, 2.24) is 10.3 Å². The Hall–Kier alpha value is -2.56. The van der Waals surface area contributed by atoms with Gasteiger partial charge >= 0.3 is 6.09 Å². The number of fused-ring (bicyclic) bond motifs is 6. The number of aromatic amines is 1. The highest BCUT2D eigenvalue weighted by atomic mass is 16.6. The molecule has 276 valence electrons. The molecule has 50 heavy (non-hydrogen) atoms. The smallest absolute Gasteiger partial charge is 0.407 e. The van der Waals surface area contributed by atoms with Gasteiger partial charge in [-0.05, 0) is 128 Å². The number of H-pyrrole nitrogens is 1. The van der Waals surface area contributed by atoms with Gasteiger partial charge in [0.2, 0.25) is 0 Å². The van der Waals surface area contributed by atoms with Crippen LogP contribution in [0, 0.1) is 52.3 Å². The number of aromatic nitrogens is 1. The third kappa shape index (κ3) is 7.77. The van der Waals surface area contributed by atoms with Gasteiger partial charge in [-0.15, -0.1) is 0 Å². The van der Waals surface area contributed by atoms with Crippen molar-refractivity contribution in [2.45, 2.75) is 150 Å². The Morgan fingerprint density at radius 1 is 0.980 bits per heavy atom. The molecule has 2 aromatic rings. The summed E-state index contributed by atoms with van der Waals surface area (Å²) in [4.78, 5) is 28.6. The number of rotatable bonds is 15. The zero-order chi connectivity index (χ0) is 35.5. The summed E-state index contributed by atoms with van der Waals surface area (Å²) in [7, 11) is 0. The molecule has 9 atom stereocenters. The van der Waals surface area contributed by atoms with Crippen molar-refractivity contribution in [3.63, 3.8) is 0 Å². The standard InChI is InChI=1S/C45H68N2O3/c1-7-32(30(2)3)17-16-31(4)39-20-21-40-38-19-18-34-28-36(22-24-44(34,5)41(38)23-25-45(39,40)6)50-43(49)46-26-12-8-9-13-35(48)27-33-29-47-42-15-11-10-14-37(33)42/h10-11,14-15,18,29-32,36,38-41,47H,7-9,12-13,16-17,19-28H2,1-6H3,(H,46,49)/t31-,32-,36+,38+,39-,40+,41+,44+,45-/m1/s1. The summed E-state index contributed by atoms with van der Waals surface area (Å²) in [5.41, 5.74) is 4.51. The molecule has 1 heterocycles. The molecule has 0 aliphatic heterocycles. The largest absolute Gasteiger partial charge is 0.446 e. The van der Waals surface area contributed by atoms with Gasteiger partial charge in [-0.3, -0.25) is 4.79 Å². The van der Waals surface area contributed by atoms with E-state index in [1.54, 1.807) is 5.57 Å². The molecule has 3 saturated carbocycles. The number of unbranched alkanes of at least 4 members (excludes halogenated alkanes) is 2. The van der Waals surface area contributed by atoms with E-state index in [2.05, 4.69) is 64.0 Å². The lowest BCUT2D eigenvalue weighted by Crippen LogP contribution is -2.51. The van der Waals surface area contributed by atoms with Gasteiger partial charge in [0.25, 0.3) is 0 Å². The van der Waals surface area contributed by atoms with Crippen LogP contribution in [0.1, 0.15) is 143 Å². The van der Waals surface area contributed by atoms with E-state index in [1.165, 1.54) is 51.4 Å². The van der Waals surface area contributed by atoms with Crippen molar-refractivity contribution in [2.24, 2.45) is 52.3 Å². The van der Waals surface area contributed by atoms with Crippen molar-refractivity contribution in [3.05, 3.63) is 47.7 Å². The van der Waals surface area contributed by atoms with Crippen LogP contribution in [-0.2, 0) is 16.0 Å². The predicted molar refractivity (Wildman–Crippen MR) is 206 cm³/mol. The minimum Gasteiger partial charge on any atom is -0.446 e. The van der Waals surface area contributed by atoms with Gasteiger partial charge in [-0.1, -0.05) is 90.7 Å². The predicted octanol–water partition coefficient (Wildman–Crippen LogP) is 11.6. The molecule has 0 saturated heterocycles. The molecule has 6 rings (SSSR count). The van der Waals surface area contributed by atoms with Gasteiger partial charge in [-0.2, -0.15) is 0 Å². The number of benzene rings is 1. The maximum atomic E-state index is 12.8. The molecule has 2 N–H and O–H groups in total. The van der Waals surface area contributed by atoms with Crippen molar-refractivity contribution >= 4 is 22.8 Å². The first-order valence-electron chi connectivity index (χ1n) is 20.7. The van der Waals surface area contributed by atoms with Gasteiger partial charge in [-0.25, -0.2) is 4.79 Å². The fourth-order valence-electron chi connectivity index (χ4n) is 12.0. The van der Waals surface area contributed by atoms with Crippen LogP contribution < -0.4 is 5.32 Å². The van der Waals surface area contributed by atoms with Gasteiger partial charge in [0.1, 0.15) is 11.9 Å². The first-order valence-corrected chi connectivity index (χ1v) is 20.7. The Morgan fingerprint density at radius 2 is 1.80 bits per heavy atom. The molecular weight excluding hydrogens is 617 g/mol. The molecule has 1 amide bonds. The summed E-state index contributed by atoms with van der Waals surface area (Å²) >= 11 is 0. The van der Waals surface area contributed by atoms with Crippen LogP contribution in [0.2, 0.25) is 0 Å². The molecule has 0 bridgehead atoms. The number of hydrogen-bond donors (Lipinski definition) is 2. The van der Waals surface area contributed by atoms with E-state index in [0.29, 0.717) is 24.8 Å². The Kier molecular flexibility index (Phi) is 11.9. The lowest BCUT2D eigenvalue weighted by molar-refractivity contribution is -0.118. The molecule has 0 radical (unpaired) electrons. The number of carbonyl (C=O) groups excluding carboxylic acids is 2. The van der Waals surface area contributed by atoms with E-state index in [1.807, 2.05) is 24.4 Å². The van der Waals surface area contributed by atoms with E-state index in [-0.39, 0.29) is 23.4 Å². The number of Topliss-reactive ketones (excluding diaryl/α,β-unsaturated/α-hetero) is 1. The van der Waals surface area contributed by atoms with E-state index in [4.69, 9.17) is 4.74 Å². The molecule has 5 heteroatoms. The molecule has 5 nitrogen and oxygen atoms in total. The maximum absolute atomic E-state index is 12.8. The number of ether oxygens (including phenoxy) is 1. The molecule has 4 aliphatic carbocycles. The Balaban J connectivity index is 0.920. The quantitative estimate of drug-likeness (QED) is 0.145. The highest BCUT2D eigenvalue weighted by molar-refractivity contribution is 5.89. The minimum atomic E-state index is -0.276. The van der Waals surface area contributed by atoms with Crippen molar-refractivity contribution < 1.29 is 14.3 Å². The maximum Gasteiger partial charge on any atom is 0.407 e. The van der Waals surface area contributed by atoms with Crippen LogP contribution >= 0.6 is 0 Å². The second-order valence-electron chi connectivity index (χ2n) is 18.0. The highest BCUT2D eigenvalue weighted by Crippen LogP contribution is 2.67. The van der Waals surface area contributed by atoms with Crippen LogP contribution in [0.5, 0.6) is 0 Å². The third-order valence-electron chi connectivity index (χ3n) is 15.0. The number of allylic oxidation sites excluding steroid dienone is 1. The van der Waals surface area contributed by atoms with Crippen LogP contribution in [0.15, 0.2) is 42.1 Å². The summed E-state index contributed by atoms with van der Waals surface area (Å²) in [6.45, 7) is 15.7. The summed E-state index contributed by atoms with van der Waals surface area (Å²) in [6, 6.07) is 8.13. The number of para-hydroxylation sites is 1. The summed E-state index contributed by atoms with van der Waals surface area (Å²) in [5.74, 6) is 6.15. The fourth-order valence-corrected chi connectivity index (χ4v) is 12.0. The highest BCUT2D eigenvalue weighted by Gasteiger charge is 2.59. The van der Waals surface area contributed by atoms with Crippen molar-refractivity contribution in [2.75, 3.05) is 6.54 Å². The summed E-state index contributed by atoms with van der Waals surface area (Å²) in [5, 5.41) is 4.13. The van der Waals surface area contributed by atoms with E-state index < -0.39 is 0 Å². The van der Waals surface area contributed by atoms with Gasteiger partial charge in [0, 0.05) is 42.9 Å². The molecular formula is C45H68N2O3. The van der Waals surface area contributed by atoms with Gasteiger partial charge < -0.3 is 15.0 Å². The lowest BCUT2D eigenvalue weighted by Gasteiger charge is -2.58. The number of hydrogen-bond acceptors (Lipinski definition) is 3. The number of amides is 1. The normalized spacial score (nSPS) is 31.7. The first-order chi connectivity index (χ1) is 24.0. The molecule has 1 aromatic carbocycles. The Bertz CT molecular complexity index is 1490. The molecule has 3 fully saturated rings. The SMILES string of the molecule is CC[C@H](CC[C@@H](C)[C@H]1CC[C@H]2[C@@H]3CC=C4C[C@@H](OC(=O)NCCCCCC(=O)Cc5c[nH]c6ccccc56)CC[C@]4(C)[C@H]3CC[C@]12C)C(C)C. The second kappa shape index (κ2) is 16.0. The number of carbonyl (C=O) groups is 2. The van der Waals surface area contributed by atoms with Crippen molar-refractivity contribution in [1.29, 1.82) is 0 Å². The number of nitrogens with one attached hydrogen (secondary N) is 2. The zero-order valence-corrected chi connectivity index (χ0v) is 32.3. The van der Waals surface area contributed by atoms with Crippen LogP contribution in [0.3, 0.4) is 0 Å². The van der Waals surface area contributed by atoms with Crippen molar-refractivity contribution in [3.8, 4) is 0 Å². The van der Waals surface area contributed by atoms with E-state index >= 15 is 0 Å². The minimum absolute atomic E-state index is 0.0173.